The maximum absolute atomic E-state index is 12.2. The topological polar surface area (TPSA) is 90.1 Å². The zero-order valence-electron chi connectivity index (χ0n) is 12.7. The number of aromatic nitrogens is 2. The van der Waals surface area contributed by atoms with Gasteiger partial charge in [0, 0.05) is 11.4 Å². The van der Waals surface area contributed by atoms with Gasteiger partial charge < -0.3 is 5.32 Å². The van der Waals surface area contributed by atoms with Crippen molar-refractivity contribution in [1.29, 1.82) is 0 Å². The molecule has 2 aromatic heterocycles. The molecule has 22 heavy (non-hydrogen) atoms. The van der Waals surface area contributed by atoms with Gasteiger partial charge in [-0.1, -0.05) is 6.07 Å². The predicted octanol–water partition coefficient (Wildman–Crippen LogP) is 2.39. The van der Waals surface area contributed by atoms with E-state index in [1.165, 1.54) is 9.56 Å². The number of aryl methyl sites for hydroxylation is 1. The van der Waals surface area contributed by atoms with E-state index in [1.54, 1.807) is 32.1 Å². The standard InChI is InChI=1S/C14H18N4O3S/c1-9-13(18(20)21)10(2)17(16-9)11(3)14(19)15-7-6-12-5-4-8-22-12/h4-5,8,11H,6-7H2,1-3H3,(H,15,19)/t11-/m0/s1. The van der Waals surface area contributed by atoms with E-state index in [0.29, 0.717) is 17.9 Å². The molecule has 0 aliphatic heterocycles. The van der Waals surface area contributed by atoms with Crippen molar-refractivity contribution in [3.63, 3.8) is 0 Å². The Morgan fingerprint density at radius 1 is 1.55 bits per heavy atom. The van der Waals surface area contributed by atoms with E-state index >= 15 is 0 Å². The number of amides is 1. The van der Waals surface area contributed by atoms with Crippen LogP contribution < -0.4 is 5.32 Å². The molecule has 2 aromatic rings. The number of nitrogens with zero attached hydrogens (tertiary/aromatic N) is 3. The second-order valence-electron chi connectivity index (χ2n) is 5.02. The molecule has 0 aliphatic carbocycles. The van der Waals surface area contributed by atoms with Crippen molar-refractivity contribution in [1.82, 2.24) is 15.1 Å². The lowest BCUT2D eigenvalue weighted by molar-refractivity contribution is -0.386. The van der Waals surface area contributed by atoms with Crippen LogP contribution in [0.4, 0.5) is 5.69 Å². The first-order chi connectivity index (χ1) is 10.4. The van der Waals surface area contributed by atoms with Gasteiger partial charge in [0.1, 0.15) is 17.4 Å². The van der Waals surface area contributed by atoms with Crippen molar-refractivity contribution in [3.05, 3.63) is 43.9 Å². The van der Waals surface area contributed by atoms with Gasteiger partial charge >= 0.3 is 5.69 Å². The summed E-state index contributed by atoms with van der Waals surface area (Å²) in [6, 6.07) is 3.40. The van der Waals surface area contributed by atoms with Crippen molar-refractivity contribution in [2.24, 2.45) is 0 Å². The van der Waals surface area contributed by atoms with Crippen molar-refractivity contribution in [3.8, 4) is 0 Å². The maximum Gasteiger partial charge on any atom is 0.312 e. The molecule has 0 unspecified atom stereocenters. The lowest BCUT2D eigenvalue weighted by Crippen LogP contribution is -2.33. The molecule has 0 spiro atoms. The zero-order valence-corrected chi connectivity index (χ0v) is 13.5. The van der Waals surface area contributed by atoms with Crippen molar-refractivity contribution >= 4 is 22.9 Å². The number of carbonyl (C=O) groups excluding carboxylic acids is 1. The Morgan fingerprint density at radius 2 is 2.27 bits per heavy atom. The molecular weight excluding hydrogens is 304 g/mol. The van der Waals surface area contributed by atoms with E-state index in [4.69, 9.17) is 0 Å². The summed E-state index contributed by atoms with van der Waals surface area (Å²) in [5.41, 5.74) is 0.683. The maximum atomic E-state index is 12.2. The van der Waals surface area contributed by atoms with E-state index in [-0.39, 0.29) is 11.6 Å². The molecule has 0 fully saturated rings. The highest BCUT2D eigenvalue weighted by Crippen LogP contribution is 2.24. The van der Waals surface area contributed by atoms with Crippen molar-refractivity contribution in [2.75, 3.05) is 6.54 Å². The van der Waals surface area contributed by atoms with Gasteiger partial charge in [-0.25, -0.2) is 0 Å². The Balaban J connectivity index is 2.01. The van der Waals surface area contributed by atoms with E-state index in [0.717, 1.165) is 6.42 Å². The van der Waals surface area contributed by atoms with Gasteiger partial charge in [0.2, 0.25) is 5.91 Å². The largest absolute Gasteiger partial charge is 0.354 e. The monoisotopic (exact) mass is 322 g/mol. The third kappa shape index (κ3) is 3.33. The van der Waals surface area contributed by atoms with Crippen LogP contribution in [0.25, 0.3) is 0 Å². The van der Waals surface area contributed by atoms with Gasteiger partial charge in [0.05, 0.1) is 4.92 Å². The summed E-state index contributed by atoms with van der Waals surface area (Å²) in [6.07, 6.45) is 0.771. The summed E-state index contributed by atoms with van der Waals surface area (Å²) >= 11 is 1.65. The first kappa shape index (κ1) is 16.2. The highest BCUT2D eigenvalue weighted by Gasteiger charge is 2.26. The van der Waals surface area contributed by atoms with Crippen LogP contribution in [-0.2, 0) is 11.2 Å². The summed E-state index contributed by atoms with van der Waals surface area (Å²) in [5, 5.41) is 20.0. The lowest BCUT2D eigenvalue weighted by Gasteiger charge is -2.13. The third-order valence-electron chi connectivity index (χ3n) is 3.47. The number of nitrogens with one attached hydrogen (secondary N) is 1. The average molecular weight is 322 g/mol. The minimum Gasteiger partial charge on any atom is -0.354 e. The molecule has 1 amide bonds. The fourth-order valence-electron chi connectivity index (χ4n) is 2.32. The third-order valence-corrected chi connectivity index (χ3v) is 4.40. The second kappa shape index (κ2) is 6.69. The van der Waals surface area contributed by atoms with Gasteiger partial charge in [-0.3, -0.25) is 19.6 Å². The van der Waals surface area contributed by atoms with E-state index in [2.05, 4.69) is 10.4 Å². The van der Waals surface area contributed by atoms with Crippen molar-refractivity contribution in [2.45, 2.75) is 33.2 Å². The van der Waals surface area contributed by atoms with Crippen LogP contribution in [0, 0.1) is 24.0 Å². The Morgan fingerprint density at radius 3 is 2.82 bits per heavy atom. The molecule has 0 saturated heterocycles. The van der Waals surface area contributed by atoms with Crippen LogP contribution in [0.1, 0.15) is 29.2 Å². The molecule has 1 atom stereocenters. The molecular formula is C14H18N4O3S. The average Bonchev–Trinajstić information content (AvgIpc) is 3.05. The van der Waals surface area contributed by atoms with E-state index in [9.17, 15) is 14.9 Å². The molecule has 118 valence electrons. The number of hydrogen-bond acceptors (Lipinski definition) is 5. The van der Waals surface area contributed by atoms with E-state index in [1.807, 2.05) is 17.5 Å². The number of thiophene rings is 1. The van der Waals surface area contributed by atoms with Gasteiger partial charge in [0.15, 0.2) is 0 Å². The minimum atomic E-state index is -0.587. The van der Waals surface area contributed by atoms with Crippen molar-refractivity contribution < 1.29 is 9.72 Å². The summed E-state index contributed by atoms with van der Waals surface area (Å²) < 4.78 is 1.41. The van der Waals surface area contributed by atoms with Crippen LogP contribution in [-0.4, -0.2) is 27.2 Å². The molecule has 7 nitrogen and oxygen atoms in total. The van der Waals surface area contributed by atoms with Gasteiger partial charge in [-0.2, -0.15) is 5.10 Å². The minimum absolute atomic E-state index is 0.0294. The smallest absolute Gasteiger partial charge is 0.312 e. The molecule has 0 aliphatic rings. The number of rotatable bonds is 6. The Bertz CT molecular complexity index is 679. The molecule has 0 saturated carbocycles. The second-order valence-corrected chi connectivity index (χ2v) is 6.05. The Kier molecular flexibility index (Phi) is 4.92. The highest BCUT2D eigenvalue weighted by atomic mass is 32.1. The van der Waals surface area contributed by atoms with Gasteiger partial charge in [0.25, 0.3) is 0 Å². The number of hydrogen-bond donors (Lipinski definition) is 1. The first-order valence-corrected chi connectivity index (χ1v) is 7.80. The molecule has 2 heterocycles. The quantitative estimate of drug-likeness (QED) is 0.653. The normalized spacial score (nSPS) is 12.1. The Labute approximate surface area is 132 Å². The van der Waals surface area contributed by atoms with Crippen LogP contribution in [0.5, 0.6) is 0 Å². The molecule has 0 aromatic carbocycles. The van der Waals surface area contributed by atoms with Crippen LogP contribution in [0.3, 0.4) is 0 Å². The van der Waals surface area contributed by atoms with Gasteiger partial charge in [-0.15, -0.1) is 11.3 Å². The summed E-state index contributed by atoms with van der Waals surface area (Å²) in [7, 11) is 0. The first-order valence-electron chi connectivity index (χ1n) is 6.92. The van der Waals surface area contributed by atoms with Gasteiger partial charge in [-0.05, 0) is 38.6 Å². The highest BCUT2D eigenvalue weighted by molar-refractivity contribution is 7.09. The van der Waals surface area contributed by atoms with Crippen LogP contribution >= 0.6 is 11.3 Å². The lowest BCUT2D eigenvalue weighted by atomic mass is 10.2. The molecule has 2 rings (SSSR count). The van der Waals surface area contributed by atoms with E-state index < -0.39 is 11.0 Å². The fraction of sp³-hybridized carbons (Fsp3) is 0.429. The predicted molar refractivity (Wildman–Crippen MR) is 84.1 cm³/mol. The molecule has 0 bridgehead atoms. The summed E-state index contributed by atoms with van der Waals surface area (Å²) in [5.74, 6) is -0.197. The molecule has 0 radical (unpaired) electrons. The zero-order chi connectivity index (χ0) is 16.3. The Hall–Kier alpha value is -2.22. The summed E-state index contributed by atoms with van der Waals surface area (Å²) in [4.78, 5) is 23.9. The molecule has 8 heteroatoms. The fourth-order valence-corrected chi connectivity index (χ4v) is 3.03. The molecule has 1 N–H and O–H groups in total. The number of carbonyl (C=O) groups is 1. The van der Waals surface area contributed by atoms with Crippen LogP contribution in [0.15, 0.2) is 17.5 Å². The SMILES string of the molecule is Cc1nn([C@@H](C)C(=O)NCCc2cccs2)c(C)c1[N+](=O)[O-]. The van der Waals surface area contributed by atoms with Crippen LogP contribution in [0.2, 0.25) is 0 Å². The number of nitro groups is 1. The summed E-state index contributed by atoms with van der Waals surface area (Å²) in [6.45, 7) is 5.39.